The summed E-state index contributed by atoms with van der Waals surface area (Å²) in [7, 11) is 0. The van der Waals surface area contributed by atoms with Crippen LogP contribution >= 0.6 is 0 Å². The maximum absolute atomic E-state index is 9.08. The molecule has 0 aliphatic heterocycles. The molecule has 0 rings (SSSR count). The van der Waals surface area contributed by atoms with E-state index >= 15 is 0 Å². The maximum Gasteiger partial charge on any atom is 0.115 e. The second kappa shape index (κ2) is 5.08. The lowest BCUT2D eigenvalue weighted by Crippen LogP contribution is -2.01. The molecule has 1 unspecified atom stereocenters. The van der Waals surface area contributed by atoms with Crippen molar-refractivity contribution in [2.75, 3.05) is 0 Å². The SMILES string of the molecule is C=C(C)CCC(O)C#CC. The fourth-order valence-electron chi connectivity index (χ4n) is 0.622. The molecule has 0 amide bonds. The Morgan fingerprint density at radius 1 is 1.70 bits per heavy atom. The predicted octanol–water partition coefficient (Wildman–Crippen LogP) is 1.73. The van der Waals surface area contributed by atoms with E-state index in [1.54, 1.807) is 6.92 Å². The third-order valence-electron chi connectivity index (χ3n) is 1.16. The van der Waals surface area contributed by atoms with E-state index in [9.17, 15) is 0 Å². The first-order valence-electron chi connectivity index (χ1n) is 3.41. The van der Waals surface area contributed by atoms with Crippen LogP contribution in [0.2, 0.25) is 0 Å². The zero-order valence-electron chi connectivity index (χ0n) is 6.65. The molecule has 0 aromatic heterocycles. The van der Waals surface area contributed by atoms with Crippen LogP contribution in [0.1, 0.15) is 26.7 Å². The van der Waals surface area contributed by atoms with E-state index in [-0.39, 0.29) is 0 Å². The Bertz CT molecular complexity index is 159. The zero-order valence-corrected chi connectivity index (χ0v) is 6.65. The minimum absolute atomic E-state index is 0.471. The number of rotatable bonds is 3. The second-order valence-electron chi connectivity index (χ2n) is 2.41. The van der Waals surface area contributed by atoms with E-state index in [4.69, 9.17) is 5.11 Å². The van der Waals surface area contributed by atoms with Crippen LogP contribution in [0.25, 0.3) is 0 Å². The van der Waals surface area contributed by atoms with Gasteiger partial charge in [0, 0.05) is 0 Å². The quantitative estimate of drug-likeness (QED) is 0.465. The molecular weight excluding hydrogens is 124 g/mol. The first kappa shape index (κ1) is 9.26. The molecule has 0 fully saturated rings. The Morgan fingerprint density at radius 2 is 2.30 bits per heavy atom. The summed E-state index contributed by atoms with van der Waals surface area (Å²) in [5, 5.41) is 9.08. The van der Waals surface area contributed by atoms with E-state index in [0.717, 1.165) is 12.0 Å². The van der Waals surface area contributed by atoms with E-state index in [1.807, 2.05) is 6.92 Å². The summed E-state index contributed by atoms with van der Waals surface area (Å²) < 4.78 is 0. The zero-order chi connectivity index (χ0) is 7.98. The molecule has 0 spiro atoms. The molecule has 0 aliphatic carbocycles. The molecule has 1 atom stereocenters. The normalized spacial score (nSPS) is 11.5. The molecule has 0 heterocycles. The third-order valence-corrected chi connectivity index (χ3v) is 1.16. The highest BCUT2D eigenvalue weighted by molar-refractivity contribution is 5.03. The first-order chi connectivity index (χ1) is 4.66. The third kappa shape index (κ3) is 5.40. The van der Waals surface area contributed by atoms with Crippen molar-refractivity contribution in [3.05, 3.63) is 12.2 Å². The number of hydrogen-bond donors (Lipinski definition) is 1. The van der Waals surface area contributed by atoms with Gasteiger partial charge in [0.1, 0.15) is 6.10 Å². The van der Waals surface area contributed by atoms with Crippen molar-refractivity contribution in [2.24, 2.45) is 0 Å². The van der Waals surface area contributed by atoms with Gasteiger partial charge in [-0.25, -0.2) is 0 Å². The van der Waals surface area contributed by atoms with Gasteiger partial charge in [-0.1, -0.05) is 11.5 Å². The minimum atomic E-state index is -0.471. The number of hydrogen-bond acceptors (Lipinski definition) is 1. The summed E-state index contributed by atoms with van der Waals surface area (Å²) >= 11 is 0. The number of aliphatic hydroxyl groups is 1. The Labute approximate surface area is 62.8 Å². The van der Waals surface area contributed by atoms with Gasteiger partial charge >= 0.3 is 0 Å². The van der Waals surface area contributed by atoms with Crippen molar-refractivity contribution >= 4 is 0 Å². The molecule has 0 aromatic rings. The Balaban J connectivity index is 3.46. The highest BCUT2D eigenvalue weighted by atomic mass is 16.3. The molecule has 0 aliphatic rings. The molecular formula is C9H14O. The van der Waals surface area contributed by atoms with Crippen molar-refractivity contribution in [3.63, 3.8) is 0 Å². The maximum atomic E-state index is 9.08. The largest absolute Gasteiger partial charge is 0.380 e. The van der Waals surface area contributed by atoms with Crippen LogP contribution in [-0.2, 0) is 0 Å². The van der Waals surface area contributed by atoms with Crippen LogP contribution < -0.4 is 0 Å². The van der Waals surface area contributed by atoms with Gasteiger partial charge in [-0.3, -0.25) is 0 Å². The van der Waals surface area contributed by atoms with Crippen molar-refractivity contribution in [1.82, 2.24) is 0 Å². The second-order valence-corrected chi connectivity index (χ2v) is 2.41. The fourth-order valence-corrected chi connectivity index (χ4v) is 0.622. The van der Waals surface area contributed by atoms with E-state index in [0.29, 0.717) is 6.42 Å². The molecule has 1 nitrogen and oxygen atoms in total. The Morgan fingerprint density at radius 3 is 2.70 bits per heavy atom. The van der Waals surface area contributed by atoms with Gasteiger partial charge < -0.3 is 5.11 Å². The molecule has 0 bridgehead atoms. The van der Waals surface area contributed by atoms with Gasteiger partial charge in [0.25, 0.3) is 0 Å². The van der Waals surface area contributed by atoms with E-state index < -0.39 is 6.10 Å². The topological polar surface area (TPSA) is 20.2 Å². The minimum Gasteiger partial charge on any atom is -0.380 e. The Hall–Kier alpha value is -0.740. The van der Waals surface area contributed by atoms with Gasteiger partial charge in [0.15, 0.2) is 0 Å². The number of aliphatic hydroxyl groups excluding tert-OH is 1. The van der Waals surface area contributed by atoms with Gasteiger partial charge in [-0.2, -0.15) is 0 Å². The lowest BCUT2D eigenvalue weighted by Gasteiger charge is -2.00. The standard InChI is InChI=1S/C9H14O/c1-4-5-9(10)7-6-8(2)3/h9-10H,2,6-7H2,1,3H3. The van der Waals surface area contributed by atoms with Crippen LogP contribution in [0.3, 0.4) is 0 Å². The summed E-state index contributed by atoms with van der Waals surface area (Å²) in [5.41, 5.74) is 1.09. The van der Waals surface area contributed by atoms with Crippen molar-refractivity contribution in [1.29, 1.82) is 0 Å². The molecule has 0 radical (unpaired) electrons. The fraction of sp³-hybridized carbons (Fsp3) is 0.556. The average Bonchev–Trinajstić information content (AvgIpc) is 1.85. The predicted molar refractivity (Wildman–Crippen MR) is 43.5 cm³/mol. The van der Waals surface area contributed by atoms with Crippen LogP contribution in [0.15, 0.2) is 12.2 Å². The molecule has 1 heteroatoms. The first-order valence-corrected chi connectivity index (χ1v) is 3.41. The highest BCUT2D eigenvalue weighted by Crippen LogP contribution is 2.03. The molecule has 10 heavy (non-hydrogen) atoms. The van der Waals surface area contributed by atoms with Crippen LogP contribution in [0.5, 0.6) is 0 Å². The van der Waals surface area contributed by atoms with E-state index in [2.05, 4.69) is 18.4 Å². The molecule has 1 N–H and O–H groups in total. The summed E-state index contributed by atoms with van der Waals surface area (Å²) in [4.78, 5) is 0. The smallest absolute Gasteiger partial charge is 0.115 e. The molecule has 0 saturated carbocycles. The van der Waals surface area contributed by atoms with Crippen LogP contribution in [0, 0.1) is 11.8 Å². The van der Waals surface area contributed by atoms with Gasteiger partial charge in [-0.15, -0.1) is 12.5 Å². The monoisotopic (exact) mass is 138 g/mol. The lowest BCUT2D eigenvalue weighted by molar-refractivity contribution is 0.222. The summed E-state index contributed by atoms with van der Waals surface area (Å²) in [6.45, 7) is 7.40. The van der Waals surface area contributed by atoms with E-state index in [1.165, 1.54) is 0 Å². The molecule has 56 valence electrons. The average molecular weight is 138 g/mol. The van der Waals surface area contributed by atoms with Crippen molar-refractivity contribution < 1.29 is 5.11 Å². The summed E-state index contributed by atoms with van der Waals surface area (Å²) in [5.74, 6) is 5.33. The van der Waals surface area contributed by atoms with Gasteiger partial charge in [0.2, 0.25) is 0 Å². The van der Waals surface area contributed by atoms with Crippen molar-refractivity contribution in [2.45, 2.75) is 32.8 Å². The number of allylic oxidation sites excluding steroid dienone is 1. The van der Waals surface area contributed by atoms with Crippen LogP contribution in [0.4, 0.5) is 0 Å². The summed E-state index contributed by atoms with van der Waals surface area (Å²) in [6, 6.07) is 0. The van der Waals surface area contributed by atoms with Crippen molar-refractivity contribution in [3.8, 4) is 11.8 Å². The van der Waals surface area contributed by atoms with Gasteiger partial charge in [-0.05, 0) is 26.7 Å². The lowest BCUT2D eigenvalue weighted by atomic mass is 10.1. The highest BCUT2D eigenvalue weighted by Gasteiger charge is 1.96. The summed E-state index contributed by atoms with van der Waals surface area (Å²) in [6.07, 6.45) is 1.09. The molecule has 0 saturated heterocycles. The van der Waals surface area contributed by atoms with Crippen LogP contribution in [-0.4, -0.2) is 11.2 Å². The Kier molecular flexibility index (Phi) is 4.70. The molecule has 0 aromatic carbocycles. The van der Waals surface area contributed by atoms with Gasteiger partial charge in [0.05, 0.1) is 0 Å².